The fraction of sp³-hybridized carbons (Fsp3) is 0.600. The number of benzene rings is 1. The Labute approximate surface area is 135 Å². The number of nitro benzene ring substituents is 1. The standard InChI is InChI=1S/C15H21N3O4S/c19-18(20)14-7-1-2-8-15(14)23(21,22)17-10-4-5-12(11-17)13-6-3-9-16-13/h1-2,7-8,12-13,16H,3-6,9-11H2. The van der Waals surface area contributed by atoms with Crippen LogP contribution in [0.1, 0.15) is 25.7 Å². The van der Waals surface area contributed by atoms with Gasteiger partial charge in [-0.3, -0.25) is 10.1 Å². The van der Waals surface area contributed by atoms with Crippen molar-refractivity contribution in [3.05, 3.63) is 34.4 Å². The van der Waals surface area contributed by atoms with E-state index in [9.17, 15) is 18.5 Å². The summed E-state index contributed by atoms with van der Waals surface area (Å²) in [7, 11) is -3.84. The highest BCUT2D eigenvalue weighted by molar-refractivity contribution is 7.89. The molecule has 1 N–H and O–H groups in total. The van der Waals surface area contributed by atoms with Crippen molar-refractivity contribution in [1.82, 2.24) is 9.62 Å². The minimum Gasteiger partial charge on any atom is -0.314 e. The second-order valence-corrected chi connectivity index (χ2v) is 8.10. The highest BCUT2D eigenvalue weighted by Crippen LogP contribution is 2.31. The van der Waals surface area contributed by atoms with Gasteiger partial charge in [-0.1, -0.05) is 12.1 Å². The van der Waals surface area contributed by atoms with E-state index in [1.807, 2.05) is 0 Å². The Balaban J connectivity index is 1.86. The van der Waals surface area contributed by atoms with Gasteiger partial charge in [0, 0.05) is 25.2 Å². The van der Waals surface area contributed by atoms with Gasteiger partial charge in [0.05, 0.1) is 4.92 Å². The molecule has 2 fully saturated rings. The maximum Gasteiger partial charge on any atom is 0.289 e. The minimum absolute atomic E-state index is 0.204. The number of sulfonamides is 1. The van der Waals surface area contributed by atoms with Gasteiger partial charge < -0.3 is 5.32 Å². The molecular weight excluding hydrogens is 318 g/mol. The number of nitrogens with zero attached hydrogens (tertiary/aromatic N) is 2. The molecular formula is C15H21N3O4S. The van der Waals surface area contributed by atoms with Gasteiger partial charge in [-0.2, -0.15) is 4.31 Å². The minimum atomic E-state index is -3.84. The van der Waals surface area contributed by atoms with Crippen molar-refractivity contribution in [2.45, 2.75) is 36.6 Å². The van der Waals surface area contributed by atoms with Crippen LogP contribution in [0.3, 0.4) is 0 Å². The van der Waals surface area contributed by atoms with E-state index < -0.39 is 14.9 Å². The van der Waals surface area contributed by atoms with Crippen LogP contribution in [0.5, 0.6) is 0 Å². The van der Waals surface area contributed by atoms with E-state index >= 15 is 0 Å². The summed E-state index contributed by atoms with van der Waals surface area (Å²) in [6.45, 7) is 1.85. The Hall–Kier alpha value is -1.51. The summed E-state index contributed by atoms with van der Waals surface area (Å²) in [5, 5.41) is 14.6. The number of rotatable bonds is 4. The molecule has 2 aliphatic heterocycles. The molecule has 2 heterocycles. The zero-order valence-electron chi connectivity index (χ0n) is 12.8. The number of piperidine rings is 1. The third-order valence-corrected chi connectivity index (χ3v) is 6.68. The molecule has 1 aromatic rings. The molecule has 3 rings (SSSR count). The van der Waals surface area contributed by atoms with Gasteiger partial charge >= 0.3 is 0 Å². The van der Waals surface area contributed by atoms with Crippen molar-refractivity contribution in [3.8, 4) is 0 Å². The van der Waals surface area contributed by atoms with E-state index in [4.69, 9.17) is 0 Å². The molecule has 2 atom stereocenters. The number of nitrogens with one attached hydrogen (secondary N) is 1. The largest absolute Gasteiger partial charge is 0.314 e. The van der Waals surface area contributed by atoms with Gasteiger partial charge in [-0.15, -0.1) is 0 Å². The lowest BCUT2D eigenvalue weighted by molar-refractivity contribution is -0.387. The summed E-state index contributed by atoms with van der Waals surface area (Å²) in [5.41, 5.74) is -0.353. The summed E-state index contributed by atoms with van der Waals surface area (Å²) in [6, 6.07) is 5.94. The zero-order chi connectivity index (χ0) is 16.4. The van der Waals surface area contributed by atoms with Crippen molar-refractivity contribution >= 4 is 15.7 Å². The van der Waals surface area contributed by atoms with Gasteiger partial charge in [0.15, 0.2) is 4.90 Å². The number of nitro groups is 1. The summed E-state index contributed by atoms with van der Waals surface area (Å²) in [5.74, 6) is 0.281. The monoisotopic (exact) mass is 339 g/mol. The van der Waals surface area contributed by atoms with E-state index in [0.717, 1.165) is 32.2 Å². The highest BCUT2D eigenvalue weighted by atomic mass is 32.2. The van der Waals surface area contributed by atoms with Gasteiger partial charge in [0.2, 0.25) is 10.0 Å². The molecule has 23 heavy (non-hydrogen) atoms. The van der Waals surface area contributed by atoms with Crippen molar-refractivity contribution in [1.29, 1.82) is 0 Å². The fourth-order valence-corrected chi connectivity index (χ4v) is 5.29. The van der Waals surface area contributed by atoms with Gasteiger partial charge in [-0.25, -0.2) is 8.42 Å². The fourth-order valence-electron chi connectivity index (χ4n) is 3.60. The van der Waals surface area contributed by atoms with Crippen LogP contribution in [0.25, 0.3) is 0 Å². The summed E-state index contributed by atoms with van der Waals surface area (Å²) in [6.07, 6.45) is 3.99. The lowest BCUT2D eigenvalue weighted by Crippen LogP contribution is -2.45. The molecule has 7 nitrogen and oxygen atoms in total. The van der Waals surface area contributed by atoms with Crippen LogP contribution in [-0.2, 0) is 10.0 Å². The molecule has 0 aliphatic carbocycles. The third kappa shape index (κ3) is 3.24. The summed E-state index contributed by atoms with van der Waals surface area (Å²) in [4.78, 5) is 10.3. The van der Waals surface area contributed by atoms with Crippen molar-refractivity contribution < 1.29 is 13.3 Å². The van der Waals surface area contributed by atoms with Crippen LogP contribution in [0.4, 0.5) is 5.69 Å². The Bertz CT molecular complexity index is 686. The predicted octanol–water partition coefficient (Wildman–Crippen LogP) is 1.75. The number of para-hydroxylation sites is 1. The summed E-state index contributed by atoms with van der Waals surface area (Å²) < 4.78 is 27.2. The van der Waals surface area contributed by atoms with Crippen molar-refractivity contribution in [3.63, 3.8) is 0 Å². The van der Waals surface area contributed by atoms with Crippen LogP contribution in [0.2, 0.25) is 0 Å². The van der Waals surface area contributed by atoms with Gasteiger partial charge in [0.25, 0.3) is 5.69 Å². The van der Waals surface area contributed by atoms with Crippen molar-refractivity contribution in [2.75, 3.05) is 19.6 Å². The topological polar surface area (TPSA) is 92.5 Å². The quantitative estimate of drug-likeness (QED) is 0.666. The number of hydrogen-bond donors (Lipinski definition) is 1. The predicted molar refractivity (Wildman–Crippen MR) is 85.6 cm³/mol. The Morgan fingerprint density at radius 1 is 1.22 bits per heavy atom. The van der Waals surface area contributed by atoms with Crippen molar-refractivity contribution in [2.24, 2.45) is 5.92 Å². The molecule has 0 amide bonds. The number of hydrogen-bond acceptors (Lipinski definition) is 5. The van der Waals surface area contributed by atoms with E-state index in [1.165, 1.54) is 28.6 Å². The lowest BCUT2D eigenvalue weighted by atomic mass is 9.91. The van der Waals surface area contributed by atoms with E-state index in [1.54, 1.807) is 0 Å². The van der Waals surface area contributed by atoms with E-state index in [0.29, 0.717) is 19.1 Å². The first kappa shape index (κ1) is 16.4. The molecule has 126 valence electrons. The Morgan fingerprint density at radius 3 is 2.70 bits per heavy atom. The van der Waals surface area contributed by atoms with Gasteiger partial charge in [0.1, 0.15) is 0 Å². The maximum absolute atomic E-state index is 12.9. The second-order valence-electron chi connectivity index (χ2n) is 6.19. The highest BCUT2D eigenvalue weighted by Gasteiger charge is 2.37. The second kappa shape index (κ2) is 6.54. The average molecular weight is 339 g/mol. The first-order chi connectivity index (χ1) is 11.0. The molecule has 2 saturated heterocycles. The van der Waals surface area contributed by atoms with Gasteiger partial charge in [-0.05, 0) is 44.2 Å². The molecule has 0 spiro atoms. The van der Waals surface area contributed by atoms with Crippen LogP contribution < -0.4 is 5.32 Å². The smallest absolute Gasteiger partial charge is 0.289 e. The SMILES string of the molecule is O=[N+]([O-])c1ccccc1S(=O)(=O)N1CCCC(C2CCCN2)C1. The molecule has 8 heteroatoms. The van der Waals surface area contributed by atoms with Crippen LogP contribution in [0.15, 0.2) is 29.2 Å². The van der Waals surface area contributed by atoms with Crippen LogP contribution in [0, 0.1) is 16.0 Å². The van der Waals surface area contributed by atoms with E-state index in [-0.39, 0.29) is 16.5 Å². The lowest BCUT2D eigenvalue weighted by Gasteiger charge is -2.34. The van der Waals surface area contributed by atoms with Crippen LogP contribution in [-0.4, -0.2) is 43.3 Å². The zero-order valence-corrected chi connectivity index (χ0v) is 13.7. The molecule has 0 aromatic heterocycles. The maximum atomic E-state index is 12.9. The third-order valence-electron chi connectivity index (χ3n) is 4.77. The summed E-state index contributed by atoms with van der Waals surface area (Å²) >= 11 is 0. The Kier molecular flexibility index (Phi) is 4.65. The molecule has 2 unspecified atom stereocenters. The first-order valence-electron chi connectivity index (χ1n) is 7.97. The normalized spacial score (nSPS) is 26.3. The molecule has 2 aliphatic rings. The first-order valence-corrected chi connectivity index (χ1v) is 9.41. The molecule has 0 bridgehead atoms. The molecule has 0 saturated carbocycles. The average Bonchev–Trinajstić information content (AvgIpc) is 3.09. The van der Waals surface area contributed by atoms with Crippen LogP contribution >= 0.6 is 0 Å². The Morgan fingerprint density at radius 2 is 2.00 bits per heavy atom. The molecule has 0 radical (unpaired) electrons. The van der Waals surface area contributed by atoms with E-state index in [2.05, 4.69) is 5.32 Å². The molecule has 1 aromatic carbocycles.